The lowest BCUT2D eigenvalue weighted by atomic mass is 10.1. The molecular formula is C20H22N4O3S. The number of H-pyrrole nitrogens is 1. The summed E-state index contributed by atoms with van der Waals surface area (Å²) in [5.41, 5.74) is 4.02. The van der Waals surface area contributed by atoms with Crippen LogP contribution in [0.15, 0.2) is 35.7 Å². The largest absolute Gasteiger partial charge is 0.462 e. The molecule has 146 valence electrons. The van der Waals surface area contributed by atoms with Gasteiger partial charge in [0.15, 0.2) is 10.9 Å². The number of ether oxygens (including phenoxy) is 1. The Morgan fingerprint density at radius 1 is 1.14 bits per heavy atom. The van der Waals surface area contributed by atoms with E-state index in [1.165, 1.54) is 11.8 Å². The highest BCUT2D eigenvalue weighted by atomic mass is 32.2. The Labute approximate surface area is 167 Å². The van der Waals surface area contributed by atoms with E-state index in [2.05, 4.69) is 15.2 Å². The molecule has 28 heavy (non-hydrogen) atoms. The van der Waals surface area contributed by atoms with E-state index >= 15 is 0 Å². The zero-order chi connectivity index (χ0) is 20.3. The second-order valence-electron chi connectivity index (χ2n) is 6.33. The molecule has 1 N–H and O–H groups in total. The van der Waals surface area contributed by atoms with Gasteiger partial charge in [0.1, 0.15) is 6.33 Å². The Hall–Kier alpha value is -2.87. The summed E-state index contributed by atoms with van der Waals surface area (Å²) in [5.74, 6) is -0.509. The molecule has 0 aliphatic rings. The van der Waals surface area contributed by atoms with Gasteiger partial charge in [0.05, 0.1) is 29.2 Å². The van der Waals surface area contributed by atoms with Crippen molar-refractivity contribution in [2.24, 2.45) is 0 Å². The number of aromatic amines is 1. The molecule has 0 atom stereocenters. The van der Waals surface area contributed by atoms with E-state index in [9.17, 15) is 9.59 Å². The van der Waals surface area contributed by atoms with Crippen molar-refractivity contribution in [3.8, 4) is 5.69 Å². The van der Waals surface area contributed by atoms with Crippen molar-refractivity contribution in [2.45, 2.75) is 32.9 Å². The molecule has 0 saturated carbocycles. The summed E-state index contributed by atoms with van der Waals surface area (Å²) in [6.07, 6.45) is 1.63. The van der Waals surface area contributed by atoms with Gasteiger partial charge in [0, 0.05) is 11.4 Å². The minimum absolute atomic E-state index is 0.134. The first-order valence-corrected chi connectivity index (χ1v) is 9.90. The van der Waals surface area contributed by atoms with Crippen molar-refractivity contribution >= 4 is 23.5 Å². The number of ketones is 1. The Morgan fingerprint density at radius 2 is 1.86 bits per heavy atom. The molecule has 0 radical (unpaired) electrons. The van der Waals surface area contributed by atoms with Gasteiger partial charge in [-0.15, -0.1) is 10.2 Å². The molecule has 7 nitrogen and oxygen atoms in total. The van der Waals surface area contributed by atoms with Gasteiger partial charge >= 0.3 is 5.97 Å². The van der Waals surface area contributed by atoms with Gasteiger partial charge in [-0.3, -0.25) is 9.36 Å². The van der Waals surface area contributed by atoms with E-state index in [-0.39, 0.29) is 18.1 Å². The molecule has 0 unspecified atom stereocenters. The molecule has 3 aromatic rings. The number of Topliss-reactive ketones (excluding diaryl/α,β-unsaturated/α-hetero) is 1. The third-order valence-electron chi connectivity index (χ3n) is 4.36. The predicted molar refractivity (Wildman–Crippen MR) is 107 cm³/mol. The second-order valence-corrected chi connectivity index (χ2v) is 7.27. The van der Waals surface area contributed by atoms with Gasteiger partial charge in [0.2, 0.25) is 0 Å². The minimum Gasteiger partial charge on any atom is -0.462 e. The summed E-state index contributed by atoms with van der Waals surface area (Å²) >= 11 is 1.29. The van der Waals surface area contributed by atoms with Crippen LogP contribution in [-0.2, 0) is 4.74 Å². The number of esters is 1. The number of nitrogens with one attached hydrogen (secondary N) is 1. The summed E-state index contributed by atoms with van der Waals surface area (Å²) < 4.78 is 6.96. The highest BCUT2D eigenvalue weighted by molar-refractivity contribution is 7.99. The number of rotatable bonds is 7. The topological polar surface area (TPSA) is 89.9 Å². The Kier molecular flexibility index (Phi) is 5.99. The number of carbonyl (C=O) groups excluding carboxylic acids is 2. The highest BCUT2D eigenvalue weighted by Gasteiger charge is 2.25. The lowest BCUT2D eigenvalue weighted by Gasteiger charge is -2.09. The van der Waals surface area contributed by atoms with Crippen LogP contribution in [0.25, 0.3) is 5.69 Å². The number of aromatic nitrogens is 4. The zero-order valence-corrected chi connectivity index (χ0v) is 17.1. The first-order valence-electron chi connectivity index (χ1n) is 8.92. The normalized spacial score (nSPS) is 10.9. The van der Waals surface area contributed by atoms with Gasteiger partial charge < -0.3 is 9.72 Å². The van der Waals surface area contributed by atoms with Crippen molar-refractivity contribution in [2.75, 3.05) is 12.4 Å². The van der Waals surface area contributed by atoms with Crippen molar-refractivity contribution in [1.29, 1.82) is 0 Å². The SMILES string of the molecule is CCOC(=O)c1c(C)[nH]c(C)c1C(=O)CSc1nncn1-c1ccccc1C. The standard InChI is InChI=1S/C20H22N4O3S/c1-5-27-19(26)18-14(4)22-13(3)17(18)16(25)10-28-20-23-21-11-24(20)15-9-7-6-8-12(15)2/h6-9,11,22H,5,10H2,1-4H3. The van der Waals surface area contributed by atoms with E-state index in [0.717, 1.165) is 11.3 Å². The molecule has 2 aromatic heterocycles. The molecule has 0 saturated heterocycles. The molecule has 0 amide bonds. The Balaban J connectivity index is 1.83. The first-order chi connectivity index (χ1) is 13.4. The molecule has 3 rings (SSSR count). The van der Waals surface area contributed by atoms with E-state index in [0.29, 0.717) is 27.7 Å². The average molecular weight is 398 g/mol. The third kappa shape index (κ3) is 3.87. The average Bonchev–Trinajstić information content (AvgIpc) is 3.24. The minimum atomic E-state index is -0.485. The van der Waals surface area contributed by atoms with Crippen LogP contribution in [0.4, 0.5) is 0 Å². The molecule has 0 spiro atoms. The van der Waals surface area contributed by atoms with Crippen molar-refractivity contribution in [3.05, 3.63) is 58.7 Å². The van der Waals surface area contributed by atoms with Crippen LogP contribution in [0.2, 0.25) is 0 Å². The fraction of sp³-hybridized carbons (Fsp3) is 0.300. The molecule has 0 aliphatic heterocycles. The van der Waals surface area contributed by atoms with Crippen LogP contribution in [0.5, 0.6) is 0 Å². The first kappa shape index (κ1) is 19.9. The Bertz CT molecular complexity index is 1020. The summed E-state index contributed by atoms with van der Waals surface area (Å²) in [7, 11) is 0. The molecule has 2 heterocycles. The van der Waals surface area contributed by atoms with Gasteiger partial charge in [-0.2, -0.15) is 0 Å². The number of para-hydroxylation sites is 1. The maximum atomic E-state index is 12.9. The van der Waals surface area contributed by atoms with Crippen molar-refractivity contribution in [3.63, 3.8) is 0 Å². The monoisotopic (exact) mass is 398 g/mol. The van der Waals surface area contributed by atoms with Crippen molar-refractivity contribution in [1.82, 2.24) is 19.7 Å². The van der Waals surface area contributed by atoms with Crippen LogP contribution in [0, 0.1) is 20.8 Å². The van der Waals surface area contributed by atoms with E-state index < -0.39 is 5.97 Å². The van der Waals surface area contributed by atoms with Crippen molar-refractivity contribution < 1.29 is 14.3 Å². The molecule has 0 aliphatic carbocycles. The maximum absolute atomic E-state index is 12.9. The molecule has 8 heteroatoms. The van der Waals surface area contributed by atoms with Gasteiger partial charge in [-0.25, -0.2) is 4.79 Å². The summed E-state index contributed by atoms with van der Waals surface area (Å²) in [6.45, 7) is 7.54. The second kappa shape index (κ2) is 8.43. The summed E-state index contributed by atoms with van der Waals surface area (Å²) in [5, 5.41) is 8.74. The van der Waals surface area contributed by atoms with E-state index in [1.54, 1.807) is 27.1 Å². The number of carbonyl (C=O) groups is 2. The van der Waals surface area contributed by atoms with Gasteiger partial charge in [0.25, 0.3) is 0 Å². The number of thioether (sulfide) groups is 1. The number of hydrogen-bond acceptors (Lipinski definition) is 6. The van der Waals surface area contributed by atoms with Gasteiger partial charge in [-0.05, 0) is 39.3 Å². The van der Waals surface area contributed by atoms with Gasteiger partial charge in [-0.1, -0.05) is 30.0 Å². The predicted octanol–water partition coefficient (Wildman–Crippen LogP) is 3.67. The van der Waals surface area contributed by atoms with Crippen LogP contribution in [0.3, 0.4) is 0 Å². The fourth-order valence-electron chi connectivity index (χ4n) is 3.11. The molecule has 0 bridgehead atoms. The van der Waals surface area contributed by atoms with Crippen LogP contribution >= 0.6 is 11.8 Å². The molecule has 0 fully saturated rings. The summed E-state index contributed by atoms with van der Waals surface area (Å²) in [6, 6.07) is 7.89. The smallest absolute Gasteiger partial charge is 0.340 e. The van der Waals surface area contributed by atoms with Crippen LogP contribution in [0.1, 0.15) is 44.6 Å². The lowest BCUT2D eigenvalue weighted by Crippen LogP contribution is -2.13. The third-order valence-corrected chi connectivity index (χ3v) is 5.30. The number of hydrogen-bond donors (Lipinski definition) is 1. The molecule has 1 aromatic carbocycles. The fourth-order valence-corrected chi connectivity index (χ4v) is 3.91. The van der Waals surface area contributed by atoms with Crippen LogP contribution in [-0.4, -0.2) is 43.9 Å². The van der Waals surface area contributed by atoms with Crippen LogP contribution < -0.4 is 0 Å². The number of nitrogens with zero attached hydrogens (tertiary/aromatic N) is 3. The Morgan fingerprint density at radius 3 is 2.57 bits per heavy atom. The van der Waals surface area contributed by atoms with E-state index in [1.807, 2.05) is 35.8 Å². The summed E-state index contributed by atoms with van der Waals surface area (Å²) in [4.78, 5) is 28.3. The number of aryl methyl sites for hydroxylation is 3. The highest BCUT2D eigenvalue weighted by Crippen LogP contribution is 2.25. The molecular weight excluding hydrogens is 376 g/mol. The lowest BCUT2D eigenvalue weighted by molar-refractivity contribution is 0.0522. The van der Waals surface area contributed by atoms with E-state index in [4.69, 9.17) is 4.74 Å². The zero-order valence-electron chi connectivity index (χ0n) is 16.3. The number of benzene rings is 1. The quantitative estimate of drug-likeness (QED) is 0.371. The maximum Gasteiger partial charge on any atom is 0.340 e.